The molecule has 6 rings (SSSR count). The fourth-order valence-corrected chi connectivity index (χ4v) is 7.01. The van der Waals surface area contributed by atoms with Crippen LogP contribution in [0.2, 0.25) is 0 Å². The summed E-state index contributed by atoms with van der Waals surface area (Å²) in [6, 6.07) is 20.1. The minimum absolute atomic E-state index is 0.229. The Kier molecular flexibility index (Phi) is 9.27. The van der Waals surface area contributed by atoms with E-state index in [-0.39, 0.29) is 5.91 Å². The molecule has 248 valence electrons. The van der Waals surface area contributed by atoms with E-state index in [0.29, 0.717) is 35.7 Å². The van der Waals surface area contributed by atoms with Gasteiger partial charge in [-0.05, 0) is 61.4 Å². The van der Waals surface area contributed by atoms with E-state index in [2.05, 4.69) is 10.3 Å². The van der Waals surface area contributed by atoms with Gasteiger partial charge in [0.15, 0.2) is 12.1 Å². The van der Waals surface area contributed by atoms with Crippen molar-refractivity contribution in [2.24, 2.45) is 0 Å². The molecule has 0 saturated carbocycles. The molecule has 3 atom stereocenters. The molecule has 0 unspecified atom stereocenters. The van der Waals surface area contributed by atoms with Gasteiger partial charge in [-0.15, -0.1) is 11.8 Å². The Bertz CT molecular complexity index is 1720. The van der Waals surface area contributed by atoms with Crippen LogP contribution in [0.25, 0.3) is 0 Å². The van der Waals surface area contributed by atoms with Crippen molar-refractivity contribution in [1.29, 1.82) is 0 Å². The second-order valence-electron chi connectivity index (χ2n) is 12.5. The van der Waals surface area contributed by atoms with Crippen molar-refractivity contribution >= 4 is 41.3 Å². The molecule has 2 saturated heterocycles. The number of methoxy groups -OCH3 is 1. The molecular formula is C36H36N4O7S. The molecule has 4 heterocycles. The summed E-state index contributed by atoms with van der Waals surface area (Å²) in [4.78, 5) is 61.4. The fourth-order valence-electron chi connectivity index (χ4n) is 5.82. The van der Waals surface area contributed by atoms with Crippen LogP contribution in [0.1, 0.15) is 44.4 Å². The summed E-state index contributed by atoms with van der Waals surface area (Å²) in [7, 11) is 1.52. The molecule has 3 aromatic rings. The number of fused-ring (bicyclic) bond motifs is 1. The van der Waals surface area contributed by atoms with E-state index in [1.165, 1.54) is 23.8 Å². The first kappa shape index (κ1) is 32.8. The molecule has 1 N–H and O–H groups in total. The molecule has 3 aliphatic heterocycles. The lowest BCUT2D eigenvalue weighted by atomic mass is 9.95. The number of thioether (sulfide) groups is 1. The van der Waals surface area contributed by atoms with E-state index in [4.69, 9.17) is 14.2 Å². The predicted octanol–water partition coefficient (Wildman–Crippen LogP) is 5.15. The van der Waals surface area contributed by atoms with Gasteiger partial charge in [0.1, 0.15) is 17.0 Å². The average Bonchev–Trinajstić information content (AvgIpc) is 3.44. The Hall–Kier alpha value is -5.10. The number of nitrogens with one attached hydrogen (secondary N) is 1. The number of carbonyl (C=O) groups is 4. The summed E-state index contributed by atoms with van der Waals surface area (Å²) in [5, 5.41) is 3.84. The third-order valence-corrected chi connectivity index (χ3v) is 9.24. The number of rotatable bonds is 8. The summed E-state index contributed by atoms with van der Waals surface area (Å²) in [6.45, 7) is 5.62. The van der Waals surface area contributed by atoms with Gasteiger partial charge in [0.25, 0.3) is 5.91 Å². The maximum Gasteiger partial charge on any atom is 0.408 e. The number of nitrogens with zero attached hydrogens (tertiary/aromatic N) is 3. The lowest BCUT2D eigenvalue weighted by Gasteiger charge is -2.51. The molecular weight excluding hydrogens is 632 g/mol. The summed E-state index contributed by atoms with van der Waals surface area (Å²) in [5.74, 6) is -0.909. The molecule has 1 aromatic heterocycles. The molecule has 48 heavy (non-hydrogen) atoms. The van der Waals surface area contributed by atoms with E-state index in [1.54, 1.807) is 55.5 Å². The zero-order valence-corrected chi connectivity index (χ0v) is 27.8. The smallest absolute Gasteiger partial charge is 0.408 e. The van der Waals surface area contributed by atoms with Crippen LogP contribution in [0.15, 0.2) is 102 Å². The summed E-state index contributed by atoms with van der Waals surface area (Å²) < 4.78 is 16.8. The Morgan fingerprint density at radius 1 is 1.00 bits per heavy atom. The van der Waals surface area contributed by atoms with Crippen LogP contribution in [-0.4, -0.2) is 70.5 Å². The number of hydrogen-bond donors (Lipinski definition) is 1. The normalized spacial score (nSPS) is 21.4. The van der Waals surface area contributed by atoms with E-state index < -0.39 is 47.1 Å². The molecule has 0 bridgehead atoms. The second-order valence-corrected chi connectivity index (χ2v) is 13.5. The Morgan fingerprint density at radius 3 is 2.25 bits per heavy atom. The number of β-lactam (4-membered cyclic amide) rings is 1. The maximum absolute atomic E-state index is 14.3. The number of benzene rings is 2. The third-order valence-electron chi connectivity index (χ3n) is 8.06. The van der Waals surface area contributed by atoms with Crippen molar-refractivity contribution < 1.29 is 33.4 Å². The van der Waals surface area contributed by atoms with E-state index in [0.717, 1.165) is 11.1 Å². The van der Waals surface area contributed by atoms with Crippen molar-refractivity contribution in [1.82, 2.24) is 15.2 Å². The predicted molar refractivity (Wildman–Crippen MR) is 180 cm³/mol. The first-order valence-electron chi connectivity index (χ1n) is 15.5. The molecule has 11 nitrogen and oxygen atoms in total. The molecule has 0 spiro atoms. The molecule has 2 fully saturated rings. The highest BCUT2D eigenvalue weighted by Crippen LogP contribution is 2.42. The molecule has 3 amide bonds. The van der Waals surface area contributed by atoms with Crippen molar-refractivity contribution in [2.75, 3.05) is 18.6 Å². The molecule has 12 heteroatoms. The van der Waals surface area contributed by atoms with Crippen molar-refractivity contribution in [3.63, 3.8) is 0 Å². The van der Waals surface area contributed by atoms with Gasteiger partial charge in [0.05, 0.1) is 19.0 Å². The second kappa shape index (κ2) is 13.6. The van der Waals surface area contributed by atoms with E-state index in [9.17, 15) is 19.2 Å². The van der Waals surface area contributed by atoms with E-state index in [1.807, 2.05) is 60.7 Å². The van der Waals surface area contributed by atoms with Gasteiger partial charge in [-0.2, -0.15) is 0 Å². The minimum atomic E-state index is -1.16. The number of aromatic nitrogens is 1. The van der Waals surface area contributed by atoms with Gasteiger partial charge in [-0.25, -0.2) is 14.6 Å². The lowest BCUT2D eigenvalue weighted by Crippen LogP contribution is -2.74. The SMILES string of the molecule is COc1ccc(N2CC/C(=C\C3=CS[C@@H]4[C@H](NC(=O)OC(C)(C)C)C(=O)N4[C@H]3C(=O)OC(c3ccccc3)c3ccccc3)C2=O)cn1. The molecule has 0 aliphatic carbocycles. The Labute approximate surface area is 282 Å². The van der Waals surface area contributed by atoms with Gasteiger partial charge < -0.3 is 29.3 Å². The number of hydrogen-bond acceptors (Lipinski definition) is 9. The van der Waals surface area contributed by atoms with Crippen LogP contribution in [-0.2, 0) is 23.9 Å². The number of ether oxygens (including phenoxy) is 3. The highest BCUT2D eigenvalue weighted by Gasteiger charge is 2.56. The lowest BCUT2D eigenvalue weighted by molar-refractivity contribution is -0.164. The highest BCUT2D eigenvalue weighted by molar-refractivity contribution is 8.03. The van der Waals surface area contributed by atoms with Gasteiger partial charge in [-0.3, -0.25) is 9.59 Å². The standard InChI is InChI=1S/C36H36N4O7S/c1-36(2,3)47-35(44)38-28-32(42)40-29(34(43)46-30(22-11-7-5-8-12-22)23-13-9-6-10-14-23)25(21-48-33(28)40)19-24-17-18-39(31(24)41)26-15-16-27(45-4)37-20-26/h5-16,19-21,28-30,33H,17-18H2,1-4H3,(H,38,44)/b24-19+/t28-,29-,33-/m1/s1. The molecule has 3 aliphatic rings. The number of pyridine rings is 1. The van der Waals surface area contributed by atoms with Crippen LogP contribution in [0.3, 0.4) is 0 Å². The number of carbonyl (C=O) groups excluding carboxylic acids is 4. The summed E-state index contributed by atoms with van der Waals surface area (Å²) in [5.41, 5.74) is 2.31. The largest absolute Gasteiger partial charge is 0.481 e. The Balaban J connectivity index is 1.31. The van der Waals surface area contributed by atoms with Crippen LogP contribution >= 0.6 is 11.8 Å². The number of anilines is 1. The van der Waals surface area contributed by atoms with Gasteiger partial charge in [0, 0.05) is 18.2 Å². The average molecular weight is 669 g/mol. The van der Waals surface area contributed by atoms with Gasteiger partial charge >= 0.3 is 12.1 Å². The minimum Gasteiger partial charge on any atom is -0.481 e. The zero-order valence-electron chi connectivity index (χ0n) is 27.0. The maximum atomic E-state index is 14.3. The van der Waals surface area contributed by atoms with Gasteiger partial charge in [-0.1, -0.05) is 60.7 Å². The summed E-state index contributed by atoms with van der Waals surface area (Å²) in [6.07, 6.45) is 2.20. The quantitative estimate of drug-likeness (QED) is 0.197. The van der Waals surface area contributed by atoms with Crippen molar-refractivity contribution in [3.8, 4) is 5.88 Å². The first-order chi connectivity index (χ1) is 23.0. The van der Waals surface area contributed by atoms with Crippen molar-refractivity contribution in [3.05, 3.63) is 113 Å². The molecule has 0 radical (unpaired) electrons. The van der Waals surface area contributed by atoms with Crippen LogP contribution in [0.5, 0.6) is 5.88 Å². The van der Waals surface area contributed by atoms with Crippen LogP contribution in [0.4, 0.5) is 10.5 Å². The monoisotopic (exact) mass is 668 g/mol. The zero-order chi connectivity index (χ0) is 34.0. The topological polar surface area (TPSA) is 127 Å². The number of alkyl carbamates (subject to hydrolysis) is 1. The van der Waals surface area contributed by atoms with Crippen molar-refractivity contribution in [2.45, 2.75) is 56.4 Å². The first-order valence-corrected chi connectivity index (χ1v) is 16.5. The number of esters is 1. The van der Waals surface area contributed by atoms with Gasteiger partial charge in [0.2, 0.25) is 11.8 Å². The fraction of sp³-hybridized carbons (Fsp3) is 0.306. The third kappa shape index (κ3) is 6.79. The van der Waals surface area contributed by atoms with Crippen LogP contribution < -0.4 is 15.0 Å². The van der Waals surface area contributed by atoms with E-state index >= 15 is 0 Å². The summed E-state index contributed by atoms with van der Waals surface area (Å²) >= 11 is 1.28. The number of amides is 3. The molecule has 2 aromatic carbocycles. The highest BCUT2D eigenvalue weighted by atomic mass is 32.2. The van der Waals surface area contributed by atoms with Crippen LogP contribution in [0, 0.1) is 0 Å². The Morgan fingerprint density at radius 2 is 1.67 bits per heavy atom.